The summed E-state index contributed by atoms with van der Waals surface area (Å²) in [5.74, 6) is -0.326. The molecule has 0 atom stereocenters. The molecule has 2 aromatic rings. The van der Waals surface area contributed by atoms with Gasteiger partial charge in [0.25, 0.3) is 0 Å². The molecule has 0 aliphatic carbocycles. The Balaban J connectivity index is 2.40. The van der Waals surface area contributed by atoms with E-state index in [0.717, 1.165) is 12.1 Å². The van der Waals surface area contributed by atoms with Crippen molar-refractivity contribution in [2.45, 2.75) is 40.1 Å². The predicted octanol–water partition coefficient (Wildman–Crippen LogP) is 4.60. The van der Waals surface area contributed by atoms with E-state index in [1.165, 1.54) is 42.5 Å². The van der Waals surface area contributed by atoms with Gasteiger partial charge in [0.1, 0.15) is 5.75 Å². The van der Waals surface area contributed by atoms with Crippen LogP contribution in [-0.2, 0) is 6.54 Å². The van der Waals surface area contributed by atoms with Crippen LogP contribution in [0.15, 0.2) is 29.3 Å². The van der Waals surface area contributed by atoms with Crippen molar-refractivity contribution in [3.8, 4) is 5.75 Å². The van der Waals surface area contributed by atoms with E-state index in [4.69, 9.17) is 0 Å². The maximum atomic E-state index is 12.2. The number of thiazole rings is 1. The fourth-order valence-electron chi connectivity index (χ4n) is 2.22. The molecule has 0 saturated carbocycles. The van der Waals surface area contributed by atoms with Crippen LogP contribution in [0.5, 0.6) is 5.75 Å². The Morgan fingerprint density at radius 2 is 1.92 bits per heavy atom. The quantitative estimate of drug-likeness (QED) is 0.733. The van der Waals surface area contributed by atoms with Crippen molar-refractivity contribution in [2.24, 2.45) is 4.99 Å². The normalized spacial score (nSPS) is 12.5. The first-order valence-corrected chi connectivity index (χ1v) is 8.14. The van der Waals surface area contributed by atoms with Crippen molar-refractivity contribution in [1.82, 2.24) is 4.57 Å². The fraction of sp³-hybridized carbons (Fsp3) is 0.375. The molecule has 0 spiro atoms. The molecule has 1 heterocycles. The van der Waals surface area contributed by atoms with E-state index < -0.39 is 6.36 Å². The summed E-state index contributed by atoms with van der Waals surface area (Å²) in [4.78, 5) is 17.4. The summed E-state index contributed by atoms with van der Waals surface area (Å²) in [7, 11) is 0. The van der Waals surface area contributed by atoms with Gasteiger partial charge in [-0.05, 0) is 37.6 Å². The largest absolute Gasteiger partial charge is 0.573 e. The molecule has 24 heavy (non-hydrogen) atoms. The third-order valence-electron chi connectivity index (χ3n) is 3.22. The first-order chi connectivity index (χ1) is 11.2. The maximum Gasteiger partial charge on any atom is 0.573 e. The smallest absolute Gasteiger partial charge is 0.406 e. The number of Topliss-reactive ketones (excluding diaryl/α,β-unsaturated/α-hetero) is 1. The lowest BCUT2D eigenvalue weighted by Gasteiger charge is -2.08. The molecule has 0 aliphatic rings. The molecule has 130 valence electrons. The molecule has 0 unspecified atom stereocenters. The van der Waals surface area contributed by atoms with Crippen molar-refractivity contribution in [2.75, 3.05) is 0 Å². The minimum absolute atomic E-state index is 0.0299. The summed E-state index contributed by atoms with van der Waals surface area (Å²) in [6, 6.07) is 5.31. The second-order valence-electron chi connectivity index (χ2n) is 5.16. The summed E-state index contributed by atoms with van der Waals surface area (Å²) in [5.41, 5.74) is 1.34. The van der Waals surface area contributed by atoms with Gasteiger partial charge in [0.05, 0.1) is 10.6 Å². The molecule has 0 fully saturated rings. The van der Waals surface area contributed by atoms with Crippen molar-refractivity contribution >= 4 is 22.8 Å². The summed E-state index contributed by atoms with van der Waals surface area (Å²) in [6.07, 6.45) is -3.84. The highest BCUT2D eigenvalue weighted by Gasteiger charge is 2.30. The number of aromatic nitrogens is 1. The number of ketones is 1. The van der Waals surface area contributed by atoms with Gasteiger partial charge >= 0.3 is 6.36 Å². The first-order valence-electron chi connectivity index (χ1n) is 7.33. The predicted molar refractivity (Wildman–Crippen MR) is 85.7 cm³/mol. The molecular formula is C16H17F3N2O2S. The lowest BCUT2D eigenvalue weighted by Crippen LogP contribution is -2.17. The number of hydrogen-bond acceptors (Lipinski definition) is 4. The highest BCUT2D eigenvalue weighted by Crippen LogP contribution is 2.25. The van der Waals surface area contributed by atoms with E-state index in [-0.39, 0.29) is 11.5 Å². The lowest BCUT2D eigenvalue weighted by atomic mass is 10.3. The van der Waals surface area contributed by atoms with Gasteiger partial charge in [-0.3, -0.25) is 4.79 Å². The summed E-state index contributed by atoms with van der Waals surface area (Å²) in [6.45, 7) is 6.10. The summed E-state index contributed by atoms with van der Waals surface area (Å²) < 4.78 is 42.3. The van der Waals surface area contributed by atoms with Gasteiger partial charge < -0.3 is 9.30 Å². The van der Waals surface area contributed by atoms with Gasteiger partial charge in [-0.15, -0.1) is 13.2 Å². The van der Waals surface area contributed by atoms with Gasteiger partial charge in [0, 0.05) is 19.2 Å². The molecule has 0 N–H and O–H groups in total. The topological polar surface area (TPSA) is 43.6 Å². The van der Waals surface area contributed by atoms with Gasteiger partial charge in [-0.2, -0.15) is 0 Å². The number of nitrogens with zero attached hydrogens (tertiary/aromatic N) is 2. The highest BCUT2D eigenvalue weighted by atomic mass is 32.1. The van der Waals surface area contributed by atoms with E-state index in [1.807, 2.05) is 18.4 Å². The van der Waals surface area contributed by atoms with Crippen LogP contribution in [0.1, 0.15) is 35.6 Å². The number of halogens is 3. The van der Waals surface area contributed by atoms with E-state index >= 15 is 0 Å². The van der Waals surface area contributed by atoms with Gasteiger partial charge in [0.2, 0.25) is 0 Å². The molecule has 1 aromatic carbocycles. The Labute approximate surface area is 141 Å². The van der Waals surface area contributed by atoms with Gasteiger partial charge in [0.15, 0.2) is 10.6 Å². The van der Waals surface area contributed by atoms with Crippen molar-refractivity contribution in [1.29, 1.82) is 0 Å². The van der Waals surface area contributed by atoms with E-state index in [2.05, 4.69) is 9.73 Å². The van der Waals surface area contributed by atoms with Crippen LogP contribution in [-0.4, -0.2) is 16.7 Å². The zero-order valence-electron chi connectivity index (χ0n) is 13.5. The Morgan fingerprint density at radius 3 is 2.42 bits per heavy atom. The fourth-order valence-corrected chi connectivity index (χ4v) is 3.29. The van der Waals surface area contributed by atoms with Crippen molar-refractivity contribution in [3.63, 3.8) is 0 Å². The Hall–Kier alpha value is -2.09. The molecule has 0 bridgehead atoms. The molecule has 4 nitrogen and oxygen atoms in total. The number of ether oxygens (including phenoxy) is 1. The Kier molecular flexibility index (Phi) is 5.48. The lowest BCUT2D eigenvalue weighted by molar-refractivity contribution is -0.274. The third-order valence-corrected chi connectivity index (χ3v) is 4.50. The molecule has 0 radical (unpaired) electrons. The zero-order valence-corrected chi connectivity index (χ0v) is 14.3. The Morgan fingerprint density at radius 1 is 1.29 bits per heavy atom. The third kappa shape index (κ3) is 4.47. The molecular weight excluding hydrogens is 341 g/mol. The second-order valence-corrected chi connectivity index (χ2v) is 6.14. The van der Waals surface area contributed by atoms with Crippen LogP contribution >= 0.6 is 11.3 Å². The second kappa shape index (κ2) is 7.21. The summed E-state index contributed by atoms with van der Waals surface area (Å²) in [5, 5.41) is 0. The van der Waals surface area contributed by atoms with Crippen molar-refractivity contribution < 1.29 is 22.7 Å². The number of rotatable bonds is 5. The number of hydrogen-bond donors (Lipinski definition) is 0. The van der Waals surface area contributed by atoms with E-state index in [1.54, 1.807) is 0 Å². The molecule has 1 aromatic heterocycles. The number of benzene rings is 1. The van der Waals surface area contributed by atoms with E-state index in [0.29, 0.717) is 21.9 Å². The number of carbonyl (C=O) groups is 1. The van der Waals surface area contributed by atoms with Crippen molar-refractivity contribution in [3.05, 3.63) is 39.6 Å². The van der Waals surface area contributed by atoms with E-state index in [9.17, 15) is 18.0 Å². The summed E-state index contributed by atoms with van der Waals surface area (Å²) >= 11 is 1.28. The minimum atomic E-state index is -4.72. The molecule has 0 aliphatic heterocycles. The van der Waals surface area contributed by atoms with Crippen LogP contribution < -0.4 is 9.54 Å². The minimum Gasteiger partial charge on any atom is -0.406 e. The van der Waals surface area contributed by atoms with Crippen LogP contribution in [0.3, 0.4) is 0 Å². The van der Waals surface area contributed by atoms with Crippen LogP contribution in [0.25, 0.3) is 0 Å². The average Bonchev–Trinajstić information content (AvgIpc) is 2.77. The molecule has 2 rings (SSSR count). The standard InChI is InChI=1S/C16H17F3N2O2S/c1-4-9-21-10(2)14(11(3)22)24-15(21)20-12-5-7-13(8-6-12)23-16(17,18)19/h5-8H,4,9H2,1-3H3. The average molecular weight is 358 g/mol. The molecule has 0 amide bonds. The molecule has 0 saturated heterocycles. The molecule has 8 heteroatoms. The first kappa shape index (κ1) is 18.3. The Bertz CT molecular complexity index is 789. The monoisotopic (exact) mass is 358 g/mol. The maximum absolute atomic E-state index is 12.2. The SMILES string of the molecule is CCCn1c(C)c(C(C)=O)sc1=Nc1ccc(OC(F)(F)F)cc1. The van der Waals surface area contributed by atoms with Crippen LogP contribution in [0.2, 0.25) is 0 Å². The highest BCUT2D eigenvalue weighted by molar-refractivity contribution is 7.11. The van der Waals surface area contributed by atoms with Gasteiger partial charge in [-0.1, -0.05) is 18.3 Å². The van der Waals surface area contributed by atoms with Crippen LogP contribution in [0, 0.1) is 6.92 Å². The number of alkyl halides is 3. The number of carbonyl (C=O) groups excluding carboxylic acids is 1. The zero-order chi connectivity index (χ0) is 17.9. The van der Waals surface area contributed by atoms with Crippen LogP contribution in [0.4, 0.5) is 18.9 Å². The van der Waals surface area contributed by atoms with Gasteiger partial charge in [-0.25, -0.2) is 4.99 Å².